The van der Waals surface area contributed by atoms with Gasteiger partial charge in [0.05, 0.1) is 12.7 Å². The second-order valence-electron chi connectivity index (χ2n) is 4.89. The summed E-state index contributed by atoms with van der Waals surface area (Å²) >= 11 is 0. The summed E-state index contributed by atoms with van der Waals surface area (Å²) < 4.78 is 5.84. The van der Waals surface area contributed by atoms with Crippen molar-refractivity contribution in [3.8, 4) is 0 Å². The van der Waals surface area contributed by atoms with Crippen LogP contribution < -0.4 is 5.32 Å². The predicted molar refractivity (Wildman–Crippen MR) is 66.6 cm³/mol. The molecule has 3 heteroatoms. The van der Waals surface area contributed by atoms with Gasteiger partial charge in [-0.15, -0.1) is 0 Å². The smallest absolute Gasteiger partial charge is 0.0756 e. The van der Waals surface area contributed by atoms with E-state index in [0.29, 0.717) is 6.10 Å². The van der Waals surface area contributed by atoms with Crippen LogP contribution in [0.2, 0.25) is 0 Å². The van der Waals surface area contributed by atoms with Gasteiger partial charge in [-0.25, -0.2) is 0 Å². The van der Waals surface area contributed by atoms with E-state index in [4.69, 9.17) is 4.74 Å². The van der Waals surface area contributed by atoms with Crippen LogP contribution in [0.5, 0.6) is 0 Å². The van der Waals surface area contributed by atoms with Crippen molar-refractivity contribution in [3.05, 3.63) is 12.2 Å². The molecule has 16 heavy (non-hydrogen) atoms. The maximum Gasteiger partial charge on any atom is 0.0756 e. The summed E-state index contributed by atoms with van der Waals surface area (Å²) in [6, 6.07) is 0. The molecular weight excluding hydrogens is 200 g/mol. The van der Waals surface area contributed by atoms with Crippen LogP contribution in [0.3, 0.4) is 0 Å². The third kappa shape index (κ3) is 3.58. The Morgan fingerprint density at radius 3 is 2.75 bits per heavy atom. The third-order valence-corrected chi connectivity index (χ3v) is 3.54. The van der Waals surface area contributed by atoms with Crippen molar-refractivity contribution in [1.82, 2.24) is 10.2 Å². The minimum atomic E-state index is 0.379. The van der Waals surface area contributed by atoms with Crippen LogP contribution >= 0.6 is 0 Å². The average Bonchev–Trinajstić information content (AvgIpc) is 2.33. The van der Waals surface area contributed by atoms with Gasteiger partial charge >= 0.3 is 0 Å². The molecule has 0 bridgehead atoms. The molecule has 0 radical (unpaired) electrons. The van der Waals surface area contributed by atoms with Gasteiger partial charge in [-0.2, -0.15) is 0 Å². The first-order valence-electron chi connectivity index (χ1n) is 6.56. The van der Waals surface area contributed by atoms with Gasteiger partial charge in [-0.1, -0.05) is 12.2 Å². The van der Waals surface area contributed by atoms with E-state index in [1.165, 1.54) is 32.5 Å². The van der Waals surface area contributed by atoms with Crippen LogP contribution in [0, 0.1) is 5.92 Å². The summed E-state index contributed by atoms with van der Waals surface area (Å²) in [4.78, 5) is 2.57. The van der Waals surface area contributed by atoms with Gasteiger partial charge in [0.2, 0.25) is 0 Å². The van der Waals surface area contributed by atoms with Crippen LogP contribution in [0.4, 0.5) is 0 Å². The molecule has 2 fully saturated rings. The molecule has 3 nitrogen and oxygen atoms in total. The summed E-state index contributed by atoms with van der Waals surface area (Å²) in [5.41, 5.74) is 0. The second kappa shape index (κ2) is 6.38. The number of nitrogens with zero attached hydrogens (tertiary/aromatic N) is 1. The summed E-state index contributed by atoms with van der Waals surface area (Å²) in [5.74, 6) is 0.750. The van der Waals surface area contributed by atoms with Crippen molar-refractivity contribution >= 4 is 0 Å². The average molecular weight is 224 g/mol. The van der Waals surface area contributed by atoms with Crippen molar-refractivity contribution in [3.63, 3.8) is 0 Å². The van der Waals surface area contributed by atoms with E-state index in [2.05, 4.69) is 29.3 Å². The molecule has 2 rings (SSSR count). The number of rotatable bonds is 3. The molecule has 2 heterocycles. The normalized spacial score (nSPS) is 33.3. The van der Waals surface area contributed by atoms with Crippen molar-refractivity contribution < 1.29 is 4.74 Å². The van der Waals surface area contributed by atoms with Crippen molar-refractivity contribution in [1.29, 1.82) is 0 Å². The van der Waals surface area contributed by atoms with Crippen molar-refractivity contribution in [2.75, 3.05) is 39.3 Å². The molecule has 0 saturated carbocycles. The Morgan fingerprint density at radius 1 is 1.31 bits per heavy atom. The number of ether oxygens (including phenoxy) is 1. The van der Waals surface area contributed by atoms with Crippen LogP contribution in [0.1, 0.15) is 19.8 Å². The van der Waals surface area contributed by atoms with Gasteiger partial charge < -0.3 is 15.0 Å². The first kappa shape index (κ1) is 12.1. The van der Waals surface area contributed by atoms with E-state index in [-0.39, 0.29) is 0 Å². The first-order valence-corrected chi connectivity index (χ1v) is 6.56. The molecule has 0 aliphatic carbocycles. The van der Waals surface area contributed by atoms with E-state index in [0.717, 1.165) is 25.6 Å². The van der Waals surface area contributed by atoms with E-state index < -0.39 is 0 Å². The maximum atomic E-state index is 5.84. The van der Waals surface area contributed by atoms with Crippen LogP contribution in [0.15, 0.2) is 12.2 Å². The Labute approximate surface area is 98.8 Å². The Morgan fingerprint density at radius 2 is 2.12 bits per heavy atom. The third-order valence-electron chi connectivity index (χ3n) is 3.54. The highest BCUT2D eigenvalue weighted by molar-refractivity contribution is 4.89. The molecule has 1 unspecified atom stereocenters. The topological polar surface area (TPSA) is 24.5 Å². The SMILES string of the molecule is C/C=C\C1CC[C@H](CN2CCNCC2)CO1. The fourth-order valence-electron chi connectivity index (χ4n) is 2.60. The highest BCUT2D eigenvalue weighted by atomic mass is 16.5. The lowest BCUT2D eigenvalue weighted by Crippen LogP contribution is -2.46. The molecular formula is C13H24N2O. The van der Waals surface area contributed by atoms with E-state index >= 15 is 0 Å². The summed E-state index contributed by atoms with van der Waals surface area (Å²) in [6.45, 7) is 8.94. The zero-order valence-electron chi connectivity index (χ0n) is 10.3. The molecule has 0 spiro atoms. The van der Waals surface area contributed by atoms with E-state index in [1.807, 2.05) is 0 Å². The number of nitrogens with one attached hydrogen (secondary N) is 1. The Balaban J connectivity index is 1.68. The Kier molecular flexibility index (Phi) is 4.82. The lowest BCUT2D eigenvalue weighted by atomic mass is 9.97. The minimum Gasteiger partial charge on any atom is -0.374 e. The lowest BCUT2D eigenvalue weighted by molar-refractivity contribution is -0.00122. The fourth-order valence-corrected chi connectivity index (χ4v) is 2.60. The van der Waals surface area contributed by atoms with E-state index in [9.17, 15) is 0 Å². The highest BCUT2D eigenvalue weighted by Gasteiger charge is 2.22. The molecule has 92 valence electrons. The lowest BCUT2D eigenvalue weighted by Gasteiger charge is -2.34. The number of hydrogen-bond acceptors (Lipinski definition) is 3. The monoisotopic (exact) mass is 224 g/mol. The van der Waals surface area contributed by atoms with Gasteiger partial charge in [-0.05, 0) is 25.7 Å². The zero-order chi connectivity index (χ0) is 11.2. The molecule has 0 aromatic rings. The molecule has 0 amide bonds. The summed E-state index contributed by atoms with van der Waals surface area (Å²) in [5, 5.41) is 3.39. The van der Waals surface area contributed by atoms with Gasteiger partial charge in [0.15, 0.2) is 0 Å². The van der Waals surface area contributed by atoms with Gasteiger partial charge in [0.25, 0.3) is 0 Å². The van der Waals surface area contributed by atoms with Crippen LogP contribution in [-0.2, 0) is 4.74 Å². The van der Waals surface area contributed by atoms with E-state index in [1.54, 1.807) is 0 Å². The van der Waals surface area contributed by atoms with Crippen molar-refractivity contribution in [2.24, 2.45) is 5.92 Å². The molecule has 2 aliphatic rings. The Hall–Kier alpha value is -0.380. The van der Waals surface area contributed by atoms with Gasteiger partial charge in [0.1, 0.15) is 0 Å². The Bertz CT molecular complexity index is 216. The standard InChI is InChI=1S/C13H24N2O/c1-2-3-13-5-4-12(11-16-13)10-15-8-6-14-7-9-15/h2-3,12-14H,4-11H2,1H3/b3-2-/t12-,13?/m1/s1. The quantitative estimate of drug-likeness (QED) is 0.731. The number of allylic oxidation sites excluding steroid dienone is 1. The van der Waals surface area contributed by atoms with Crippen molar-refractivity contribution in [2.45, 2.75) is 25.9 Å². The molecule has 1 N–H and O–H groups in total. The second-order valence-corrected chi connectivity index (χ2v) is 4.89. The highest BCUT2D eigenvalue weighted by Crippen LogP contribution is 2.20. The minimum absolute atomic E-state index is 0.379. The predicted octanol–water partition coefficient (Wildman–Crippen LogP) is 1.26. The molecule has 2 saturated heterocycles. The van der Waals surface area contributed by atoms with Crippen LogP contribution in [0.25, 0.3) is 0 Å². The molecule has 2 aliphatic heterocycles. The maximum absolute atomic E-state index is 5.84. The zero-order valence-corrected chi connectivity index (χ0v) is 10.3. The summed E-state index contributed by atoms with van der Waals surface area (Å²) in [7, 11) is 0. The van der Waals surface area contributed by atoms with Gasteiger partial charge in [-0.3, -0.25) is 0 Å². The molecule has 0 aromatic carbocycles. The van der Waals surface area contributed by atoms with Crippen LogP contribution in [-0.4, -0.2) is 50.3 Å². The number of piperazine rings is 1. The fraction of sp³-hybridized carbons (Fsp3) is 0.846. The van der Waals surface area contributed by atoms with Gasteiger partial charge in [0, 0.05) is 32.7 Å². The molecule has 0 aromatic heterocycles. The number of hydrogen-bond donors (Lipinski definition) is 1. The summed E-state index contributed by atoms with van der Waals surface area (Å²) in [6.07, 6.45) is 7.17. The molecule has 2 atom stereocenters. The largest absolute Gasteiger partial charge is 0.374 e. The first-order chi connectivity index (χ1) is 7.88.